The number of aromatic nitrogens is 1. The fourth-order valence-corrected chi connectivity index (χ4v) is 3.84. The van der Waals surface area contributed by atoms with E-state index in [4.69, 9.17) is 0 Å². The molecule has 0 unspecified atom stereocenters. The second-order valence-electron chi connectivity index (χ2n) is 7.06. The van der Waals surface area contributed by atoms with Crippen LogP contribution in [0.1, 0.15) is 31.9 Å². The molecule has 0 aliphatic carbocycles. The Balaban J connectivity index is 1.84. The zero-order valence-corrected chi connectivity index (χ0v) is 14.9. The summed E-state index contributed by atoms with van der Waals surface area (Å²) in [7, 11) is -3.45. The number of pyridine rings is 1. The first kappa shape index (κ1) is 16.9. The minimum absolute atomic E-state index is 0.0956. The van der Waals surface area contributed by atoms with Crippen molar-refractivity contribution < 1.29 is 12.8 Å². The Hall–Kier alpha value is -1.95. The van der Waals surface area contributed by atoms with Gasteiger partial charge in [-0.1, -0.05) is 6.07 Å². The summed E-state index contributed by atoms with van der Waals surface area (Å²) in [4.78, 5) is 6.30. The molecule has 0 atom stereocenters. The van der Waals surface area contributed by atoms with Crippen molar-refractivity contribution in [3.8, 4) is 0 Å². The number of fused-ring (bicyclic) bond motifs is 1. The monoisotopic (exact) mass is 348 g/mol. The van der Waals surface area contributed by atoms with Crippen LogP contribution in [0.15, 0.2) is 41.6 Å². The number of hydrogen-bond acceptors (Lipinski definition) is 4. The van der Waals surface area contributed by atoms with Gasteiger partial charge in [0, 0.05) is 13.1 Å². The van der Waals surface area contributed by atoms with E-state index in [1.54, 1.807) is 45.2 Å². The largest absolute Gasteiger partial charge is 0.366 e. The average Bonchev–Trinajstić information content (AvgIpc) is 2.53. The van der Waals surface area contributed by atoms with E-state index in [1.807, 2.05) is 6.07 Å². The molecule has 1 aliphatic rings. The van der Waals surface area contributed by atoms with Gasteiger partial charge in [-0.2, -0.15) is 0 Å². The molecule has 2 heterocycles. The lowest BCUT2D eigenvalue weighted by atomic mass is 9.99. The summed E-state index contributed by atoms with van der Waals surface area (Å²) in [5, 5.41) is 0.0956. The van der Waals surface area contributed by atoms with Crippen molar-refractivity contribution in [2.24, 2.45) is 0 Å². The van der Waals surface area contributed by atoms with Gasteiger partial charge < -0.3 is 4.90 Å². The minimum atomic E-state index is -3.45. The Labute approximate surface area is 142 Å². The molecule has 2 aromatic rings. The standard InChI is InChI=1S/C18H21FN2O2S/c1-18(2,3)24(22,23)17-7-6-16(11-20-17)21-9-8-13-10-15(19)5-4-14(13)12-21/h4-7,10-11H,8-9,12H2,1-3H3. The van der Waals surface area contributed by atoms with Crippen molar-refractivity contribution in [3.63, 3.8) is 0 Å². The van der Waals surface area contributed by atoms with Crippen molar-refractivity contribution in [1.82, 2.24) is 4.98 Å². The van der Waals surface area contributed by atoms with Crippen LogP contribution >= 0.6 is 0 Å². The second-order valence-corrected chi connectivity index (χ2v) is 9.70. The third kappa shape index (κ3) is 3.02. The zero-order valence-electron chi connectivity index (χ0n) is 14.1. The fraction of sp³-hybridized carbons (Fsp3) is 0.389. The van der Waals surface area contributed by atoms with Gasteiger partial charge in [0.15, 0.2) is 14.9 Å². The van der Waals surface area contributed by atoms with E-state index in [9.17, 15) is 12.8 Å². The predicted molar refractivity (Wildman–Crippen MR) is 92.3 cm³/mol. The molecule has 0 radical (unpaired) electrons. The molecule has 128 valence electrons. The first-order valence-electron chi connectivity index (χ1n) is 7.91. The van der Waals surface area contributed by atoms with E-state index in [0.29, 0.717) is 6.54 Å². The number of nitrogens with zero attached hydrogens (tertiary/aromatic N) is 2. The molecule has 1 aliphatic heterocycles. The summed E-state index contributed by atoms with van der Waals surface area (Å²) < 4.78 is 37.3. The highest BCUT2D eigenvalue weighted by molar-refractivity contribution is 7.92. The molecule has 6 heteroatoms. The highest BCUT2D eigenvalue weighted by atomic mass is 32.2. The van der Waals surface area contributed by atoms with Crippen LogP contribution in [0, 0.1) is 5.82 Å². The third-order valence-corrected chi connectivity index (χ3v) is 6.75. The molecule has 1 aromatic carbocycles. The lowest BCUT2D eigenvalue weighted by Crippen LogP contribution is -2.31. The van der Waals surface area contributed by atoms with Crippen molar-refractivity contribution in [2.45, 2.75) is 43.5 Å². The summed E-state index contributed by atoms with van der Waals surface area (Å²) in [6, 6.07) is 8.22. The van der Waals surface area contributed by atoms with Gasteiger partial charge in [-0.05, 0) is 62.6 Å². The molecule has 3 rings (SSSR count). The molecule has 0 bridgehead atoms. The van der Waals surface area contributed by atoms with Gasteiger partial charge in [-0.25, -0.2) is 17.8 Å². The Morgan fingerprint density at radius 2 is 1.88 bits per heavy atom. The predicted octanol–water partition coefficient (Wildman–Crippen LogP) is 3.36. The smallest absolute Gasteiger partial charge is 0.200 e. The Bertz CT molecular complexity index is 856. The number of anilines is 1. The maximum Gasteiger partial charge on any atom is 0.200 e. The molecule has 0 saturated heterocycles. The summed E-state index contributed by atoms with van der Waals surface area (Å²) in [6.07, 6.45) is 2.36. The first-order chi connectivity index (χ1) is 11.2. The quantitative estimate of drug-likeness (QED) is 0.835. The highest BCUT2D eigenvalue weighted by Gasteiger charge is 2.32. The van der Waals surface area contributed by atoms with E-state index in [1.165, 1.54) is 6.07 Å². The van der Waals surface area contributed by atoms with E-state index >= 15 is 0 Å². The van der Waals surface area contributed by atoms with Crippen molar-refractivity contribution in [1.29, 1.82) is 0 Å². The molecular weight excluding hydrogens is 327 g/mol. The zero-order chi connectivity index (χ0) is 17.5. The fourth-order valence-electron chi connectivity index (χ4n) is 2.77. The maximum atomic E-state index is 13.3. The number of halogens is 1. The maximum absolute atomic E-state index is 13.3. The van der Waals surface area contributed by atoms with Crippen LogP contribution in [0.4, 0.5) is 10.1 Å². The molecule has 0 fully saturated rings. The molecule has 0 amide bonds. The Morgan fingerprint density at radius 1 is 1.12 bits per heavy atom. The van der Waals surface area contributed by atoms with E-state index in [2.05, 4.69) is 9.88 Å². The van der Waals surface area contributed by atoms with E-state index in [0.717, 1.165) is 29.8 Å². The number of rotatable bonds is 2. The topological polar surface area (TPSA) is 50.3 Å². The Kier molecular flexibility index (Phi) is 4.11. The molecular formula is C18H21FN2O2S. The third-order valence-electron chi connectivity index (χ3n) is 4.35. The van der Waals surface area contributed by atoms with Gasteiger partial charge in [0.2, 0.25) is 0 Å². The molecule has 0 N–H and O–H groups in total. The van der Waals surface area contributed by atoms with E-state index in [-0.39, 0.29) is 10.8 Å². The molecule has 24 heavy (non-hydrogen) atoms. The lowest BCUT2D eigenvalue weighted by molar-refractivity contribution is 0.556. The molecule has 1 aromatic heterocycles. The van der Waals surface area contributed by atoms with Gasteiger partial charge in [-0.3, -0.25) is 0 Å². The summed E-state index contributed by atoms with van der Waals surface area (Å²) in [5.74, 6) is -0.208. The number of sulfone groups is 1. The van der Waals surface area contributed by atoms with Gasteiger partial charge >= 0.3 is 0 Å². The van der Waals surface area contributed by atoms with Crippen LogP contribution in [0.5, 0.6) is 0 Å². The lowest BCUT2D eigenvalue weighted by Gasteiger charge is -2.30. The van der Waals surface area contributed by atoms with Gasteiger partial charge in [0.05, 0.1) is 16.6 Å². The van der Waals surface area contributed by atoms with Crippen molar-refractivity contribution in [2.75, 3.05) is 11.4 Å². The normalized spacial score (nSPS) is 15.2. The van der Waals surface area contributed by atoms with Crippen LogP contribution < -0.4 is 4.90 Å². The van der Waals surface area contributed by atoms with Gasteiger partial charge in [0.25, 0.3) is 0 Å². The highest BCUT2D eigenvalue weighted by Crippen LogP contribution is 2.27. The Morgan fingerprint density at radius 3 is 2.50 bits per heavy atom. The van der Waals surface area contributed by atoms with Crippen LogP contribution in [0.25, 0.3) is 0 Å². The summed E-state index contributed by atoms with van der Waals surface area (Å²) in [5.41, 5.74) is 3.00. The van der Waals surface area contributed by atoms with Gasteiger partial charge in [-0.15, -0.1) is 0 Å². The SMILES string of the molecule is CC(C)(C)S(=O)(=O)c1ccc(N2CCc3cc(F)ccc3C2)cn1. The van der Waals surface area contributed by atoms with Crippen molar-refractivity contribution in [3.05, 3.63) is 53.5 Å². The summed E-state index contributed by atoms with van der Waals surface area (Å²) >= 11 is 0. The number of benzene rings is 1. The van der Waals surface area contributed by atoms with Crippen LogP contribution in [0.2, 0.25) is 0 Å². The molecule has 0 saturated carbocycles. The van der Waals surface area contributed by atoms with Crippen LogP contribution in [-0.4, -0.2) is 24.7 Å². The summed E-state index contributed by atoms with van der Waals surface area (Å²) in [6.45, 7) is 6.42. The molecule has 4 nitrogen and oxygen atoms in total. The second kappa shape index (κ2) is 5.84. The van der Waals surface area contributed by atoms with Crippen molar-refractivity contribution >= 4 is 15.5 Å². The van der Waals surface area contributed by atoms with E-state index < -0.39 is 14.6 Å². The van der Waals surface area contributed by atoms with Crippen LogP contribution in [0.3, 0.4) is 0 Å². The van der Waals surface area contributed by atoms with Crippen LogP contribution in [-0.2, 0) is 22.8 Å². The molecule has 0 spiro atoms. The minimum Gasteiger partial charge on any atom is -0.366 e. The number of hydrogen-bond donors (Lipinski definition) is 0. The first-order valence-corrected chi connectivity index (χ1v) is 9.40. The average molecular weight is 348 g/mol. The van der Waals surface area contributed by atoms with Gasteiger partial charge in [0.1, 0.15) is 5.82 Å².